The van der Waals surface area contributed by atoms with Crippen LogP contribution in [0.5, 0.6) is 0 Å². The Bertz CT molecular complexity index is 789. The molecule has 0 spiro atoms. The van der Waals surface area contributed by atoms with E-state index in [1.807, 2.05) is 7.05 Å². The third kappa shape index (κ3) is 6.94. The Labute approximate surface area is 197 Å². The smallest absolute Gasteiger partial charge is 0.191 e. The quantitative estimate of drug-likeness (QED) is 0.315. The zero-order valence-electron chi connectivity index (χ0n) is 18.5. The summed E-state index contributed by atoms with van der Waals surface area (Å²) in [4.78, 5) is 6.98. The summed E-state index contributed by atoms with van der Waals surface area (Å²) in [5.74, 6) is 1.83. The van der Waals surface area contributed by atoms with E-state index in [1.165, 1.54) is 36.9 Å². The average molecular weight is 525 g/mol. The molecule has 0 amide bonds. The van der Waals surface area contributed by atoms with Crippen molar-refractivity contribution in [2.75, 3.05) is 20.1 Å². The van der Waals surface area contributed by atoms with Crippen molar-refractivity contribution in [2.24, 2.45) is 4.99 Å². The van der Waals surface area contributed by atoms with Crippen molar-refractivity contribution in [3.8, 4) is 0 Å². The van der Waals surface area contributed by atoms with Gasteiger partial charge in [0.25, 0.3) is 0 Å². The Kier molecular flexibility index (Phi) is 10.6. The summed E-state index contributed by atoms with van der Waals surface area (Å²) < 4.78 is 2.08. The molecular weight excluding hydrogens is 489 g/mol. The highest BCUT2D eigenvalue weighted by atomic mass is 127. The topological polar surface area (TPSA) is 70.4 Å². The Morgan fingerprint density at radius 3 is 2.73 bits per heavy atom. The third-order valence-corrected chi connectivity index (χ3v) is 5.76. The van der Waals surface area contributed by atoms with Crippen molar-refractivity contribution in [1.29, 1.82) is 0 Å². The number of nitrogens with one attached hydrogen (secondary N) is 2. The van der Waals surface area contributed by atoms with Gasteiger partial charge < -0.3 is 15.2 Å². The van der Waals surface area contributed by atoms with Crippen LogP contribution in [0.3, 0.4) is 0 Å². The molecule has 0 bridgehead atoms. The van der Waals surface area contributed by atoms with E-state index in [2.05, 4.69) is 73.4 Å². The van der Waals surface area contributed by atoms with Crippen molar-refractivity contribution in [2.45, 2.75) is 65.2 Å². The molecule has 2 N–H and O–H groups in total. The van der Waals surface area contributed by atoms with Gasteiger partial charge in [-0.25, -0.2) is 0 Å². The number of rotatable bonds is 8. The minimum Gasteiger partial charge on any atom is -0.355 e. The standard InChI is InChI=1S/C22H35N7.HI/c1-4-21-27-26-17-29(21)14-12-24-22(23-3)25-15-19-10-5-6-11-20(19)16-28-13-8-7-9-18(28)2;/h5-6,10-11,17-18H,4,7-9,12-16H2,1-3H3,(H2,23,24,25);1H. The summed E-state index contributed by atoms with van der Waals surface area (Å²) in [5.41, 5.74) is 2.74. The predicted molar refractivity (Wildman–Crippen MR) is 133 cm³/mol. The SMILES string of the molecule is CCc1nncn1CCNC(=NC)NCc1ccccc1CN1CCCCC1C.I. The lowest BCUT2D eigenvalue weighted by molar-refractivity contribution is 0.152. The highest BCUT2D eigenvalue weighted by molar-refractivity contribution is 14.0. The fourth-order valence-electron chi connectivity index (χ4n) is 3.93. The minimum absolute atomic E-state index is 0. The van der Waals surface area contributed by atoms with Gasteiger partial charge in [0.1, 0.15) is 12.2 Å². The van der Waals surface area contributed by atoms with Crippen molar-refractivity contribution in [1.82, 2.24) is 30.3 Å². The second kappa shape index (κ2) is 12.9. The van der Waals surface area contributed by atoms with Crippen LogP contribution in [0.4, 0.5) is 0 Å². The molecule has 2 heterocycles. The summed E-state index contributed by atoms with van der Waals surface area (Å²) in [7, 11) is 1.81. The Hall–Kier alpha value is -1.68. The molecule has 8 heteroatoms. The van der Waals surface area contributed by atoms with Crippen molar-refractivity contribution in [3.63, 3.8) is 0 Å². The third-order valence-electron chi connectivity index (χ3n) is 5.76. The summed E-state index contributed by atoms with van der Waals surface area (Å²) >= 11 is 0. The van der Waals surface area contributed by atoms with E-state index in [4.69, 9.17) is 0 Å². The van der Waals surface area contributed by atoms with Gasteiger partial charge in [-0.2, -0.15) is 0 Å². The van der Waals surface area contributed by atoms with Gasteiger partial charge in [-0.1, -0.05) is 37.6 Å². The van der Waals surface area contributed by atoms with Gasteiger partial charge in [-0.3, -0.25) is 9.89 Å². The first kappa shape index (κ1) is 24.6. The van der Waals surface area contributed by atoms with Crippen LogP contribution in [0.25, 0.3) is 0 Å². The largest absolute Gasteiger partial charge is 0.355 e. The maximum atomic E-state index is 4.37. The predicted octanol–water partition coefficient (Wildman–Crippen LogP) is 3.20. The molecule has 1 aliphatic heterocycles. The molecule has 0 radical (unpaired) electrons. The molecule has 1 saturated heterocycles. The second-order valence-electron chi connectivity index (χ2n) is 7.73. The van der Waals surface area contributed by atoms with E-state index in [-0.39, 0.29) is 24.0 Å². The van der Waals surface area contributed by atoms with Crippen LogP contribution in [0.15, 0.2) is 35.6 Å². The van der Waals surface area contributed by atoms with Gasteiger partial charge in [0.15, 0.2) is 5.96 Å². The van der Waals surface area contributed by atoms with Gasteiger partial charge in [0.05, 0.1) is 0 Å². The second-order valence-corrected chi connectivity index (χ2v) is 7.73. The highest BCUT2D eigenvalue weighted by Gasteiger charge is 2.19. The van der Waals surface area contributed by atoms with E-state index in [0.29, 0.717) is 6.04 Å². The van der Waals surface area contributed by atoms with Crippen LogP contribution in [0.1, 0.15) is 50.1 Å². The lowest BCUT2D eigenvalue weighted by Gasteiger charge is -2.33. The van der Waals surface area contributed by atoms with Crippen molar-refractivity contribution in [3.05, 3.63) is 47.5 Å². The van der Waals surface area contributed by atoms with Gasteiger partial charge in [0, 0.05) is 45.7 Å². The van der Waals surface area contributed by atoms with E-state index in [9.17, 15) is 0 Å². The Balaban J connectivity index is 0.00000320. The van der Waals surface area contributed by atoms with E-state index >= 15 is 0 Å². The molecule has 0 saturated carbocycles. The zero-order chi connectivity index (χ0) is 20.5. The molecule has 1 aliphatic rings. The van der Waals surface area contributed by atoms with Crippen LogP contribution in [0.2, 0.25) is 0 Å². The first-order valence-electron chi connectivity index (χ1n) is 10.8. The van der Waals surface area contributed by atoms with E-state index in [1.54, 1.807) is 6.33 Å². The van der Waals surface area contributed by atoms with Crippen LogP contribution in [-0.2, 0) is 26.1 Å². The number of halogens is 1. The first-order chi connectivity index (χ1) is 14.2. The molecule has 1 unspecified atom stereocenters. The van der Waals surface area contributed by atoms with Crippen LogP contribution >= 0.6 is 24.0 Å². The van der Waals surface area contributed by atoms with Gasteiger partial charge in [-0.05, 0) is 37.4 Å². The van der Waals surface area contributed by atoms with Gasteiger partial charge >= 0.3 is 0 Å². The number of nitrogens with zero attached hydrogens (tertiary/aromatic N) is 5. The average Bonchev–Trinajstić information content (AvgIpc) is 3.20. The molecule has 7 nitrogen and oxygen atoms in total. The number of hydrogen-bond donors (Lipinski definition) is 2. The van der Waals surface area contributed by atoms with Gasteiger partial charge in [-0.15, -0.1) is 34.2 Å². The summed E-state index contributed by atoms with van der Waals surface area (Å²) in [6.45, 7) is 9.04. The summed E-state index contributed by atoms with van der Waals surface area (Å²) in [6, 6.07) is 9.41. The number of hydrogen-bond acceptors (Lipinski definition) is 4. The number of guanidine groups is 1. The minimum atomic E-state index is 0. The molecule has 1 atom stereocenters. The highest BCUT2D eigenvalue weighted by Crippen LogP contribution is 2.20. The van der Waals surface area contributed by atoms with Crippen LogP contribution < -0.4 is 10.6 Å². The molecule has 2 aromatic rings. The van der Waals surface area contributed by atoms with E-state index < -0.39 is 0 Å². The zero-order valence-corrected chi connectivity index (χ0v) is 20.8. The van der Waals surface area contributed by atoms with Gasteiger partial charge in [0.2, 0.25) is 0 Å². The number of piperidine rings is 1. The number of aliphatic imine (C=N–C) groups is 1. The fraction of sp³-hybridized carbons (Fsp3) is 0.591. The molecule has 30 heavy (non-hydrogen) atoms. The number of aryl methyl sites for hydroxylation is 1. The lowest BCUT2D eigenvalue weighted by atomic mass is 10.0. The van der Waals surface area contributed by atoms with Crippen LogP contribution in [-0.4, -0.2) is 51.8 Å². The molecule has 0 aliphatic carbocycles. The summed E-state index contributed by atoms with van der Waals surface area (Å²) in [5, 5.41) is 15.0. The molecule has 1 aromatic heterocycles. The fourth-order valence-corrected chi connectivity index (χ4v) is 3.93. The molecule has 1 fully saturated rings. The number of aromatic nitrogens is 3. The lowest BCUT2D eigenvalue weighted by Crippen LogP contribution is -2.39. The molecule has 1 aromatic carbocycles. The van der Waals surface area contributed by atoms with Crippen LogP contribution in [0, 0.1) is 0 Å². The summed E-state index contributed by atoms with van der Waals surface area (Å²) in [6.07, 6.45) is 6.66. The molecule has 3 rings (SSSR count). The van der Waals surface area contributed by atoms with Crippen molar-refractivity contribution >= 4 is 29.9 Å². The number of benzene rings is 1. The normalized spacial score (nSPS) is 17.4. The number of likely N-dealkylation sites (tertiary alicyclic amines) is 1. The maximum Gasteiger partial charge on any atom is 0.191 e. The Morgan fingerprint density at radius 2 is 2.00 bits per heavy atom. The Morgan fingerprint density at radius 1 is 1.20 bits per heavy atom. The molecule has 166 valence electrons. The monoisotopic (exact) mass is 525 g/mol. The van der Waals surface area contributed by atoms with E-state index in [0.717, 1.165) is 44.4 Å². The first-order valence-corrected chi connectivity index (χ1v) is 10.8. The maximum absolute atomic E-state index is 4.37. The molecular formula is C22H36IN7. The van der Waals surface area contributed by atoms with Crippen molar-refractivity contribution < 1.29 is 0 Å².